The summed E-state index contributed by atoms with van der Waals surface area (Å²) >= 11 is 0. The molecule has 44 heavy (non-hydrogen) atoms. The van der Waals surface area contributed by atoms with Crippen LogP contribution in [-0.4, -0.2) is 50.9 Å². The third kappa shape index (κ3) is 5.86. The molecule has 0 aliphatic carbocycles. The van der Waals surface area contributed by atoms with Crippen molar-refractivity contribution < 1.29 is 17.2 Å². The van der Waals surface area contributed by atoms with Crippen LogP contribution in [0.2, 0.25) is 0 Å². The van der Waals surface area contributed by atoms with Crippen LogP contribution in [0, 0.1) is 5.82 Å². The number of sulfonamides is 1. The predicted octanol–water partition coefficient (Wildman–Crippen LogP) is 2.18. The van der Waals surface area contributed by atoms with Gasteiger partial charge in [-0.05, 0) is 48.0 Å². The van der Waals surface area contributed by atoms with Crippen LogP contribution in [0.25, 0.3) is 51.4 Å². The average molecular weight is 618 g/mol. The van der Waals surface area contributed by atoms with Crippen molar-refractivity contribution in [2.75, 3.05) is 12.8 Å². The molecule has 6 rings (SSSR count). The molecule has 0 amide bonds. The average Bonchev–Trinajstić information content (AvgIpc) is 3.52. The van der Waals surface area contributed by atoms with E-state index in [2.05, 4.69) is 35.4 Å². The van der Waals surface area contributed by atoms with E-state index in [1.807, 2.05) is 13.0 Å². The molecule has 1 aliphatic rings. The minimum Gasteiger partial charge on any atom is -0.365 e. The Kier molecular flexibility index (Phi) is 7.80. The van der Waals surface area contributed by atoms with Crippen LogP contribution in [-0.2, 0) is 30.2 Å². The van der Waals surface area contributed by atoms with Gasteiger partial charge in [0, 0.05) is 67.8 Å². The third-order valence-electron chi connectivity index (χ3n) is 7.08. The fraction of sp³-hybridized carbons (Fsp3) is 0.200. The molecule has 1 aliphatic heterocycles. The first-order valence-corrected chi connectivity index (χ1v) is 15.6. The van der Waals surface area contributed by atoms with Crippen molar-refractivity contribution in [1.29, 1.82) is 0 Å². The lowest BCUT2D eigenvalue weighted by atomic mass is 10.0. The van der Waals surface area contributed by atoms with Crippen LogP contribution in [0.15, 0.2) is 55.1 Å². The van der Waals surface area contributed by atoms with Gasteiger partial charge < -0.3 is 15.6 Å². The first-order valence-electron chi connectivity index (χ1n) is 13.8. The molecule has 4 aromatic heterocycles. The second-order valence-electron chi connectivity index (χ2n) is 10.4. The highest BCUT2D eigenvalue weighted by atomic mass is 32.2. The SMILES string of the molecule is CCNCc1cncc(C2=CNC=c3c(c(-c4nc5c(-c6cc(F)cc(CNS(C)(=O)=O)c6)nccc5[nH]4)nn3C)=C2F)c1. The minimum absolute atomic E-state index is 0.0888. The summed E-state index contributed by atoms with van der Waals surface area (Å²) in [6.07, 6.45) is 9.20. The van der Waals surface area contributed by atoms with Gasteiger partial charge in [-0.15, -0.1) is 0 Å². The van der Waals surface area contributed by atoms with Crippen LogP contribution in [0.5, 0.6) is 0 Å². The Morgan fingerprint density at radius 1 is 1.00 bits per heavy atom. The highest BCUT2D eigenvalue weighted by Crippen LogP contribution is 2.29. The summed E-state index contributed by atoms with van der Waals surface area (Å²) in [4.78, 5) is 16.7. The van der Waals surface area contributed by atoms with E-state index in [-0.39, 0.29) is 17.5 Å². The molecular formula is C30H29F2N9O2S. The lowest BCUT2D eigenvalue weighted by molar-refractivity contribution is 0.586. The number of aromatic amines is 1. The van der Waals surface area contributed by atoms with Crippen molar-refractivity contribution >= 4 is 38.7 Å². The molecule has 14 heteroatoms. The molecule has 1 aromatic carbocycles. The van der Waals surface area contributed by atoms with Gasteiger partial charge in [0.05, 0.1) is 28.0 Å². The van der Waals surface area contributed by atoms with E-state index in [0.717, 1.165) is 18.4 Å². The molecule has 0 saturated carbocycles. The molecular weight excluding hydrogens is 588 g/mol. The fourth-order valence-electron chi connectivity index (χ4n) is 5.06. The smallest absolute Gasteiger partial charge is 0.209 e. The summed E-state index contributed by atoms with van der Waals surface area (Å²) in [5, 5.41) is 11.7. The maximum atomic E-state index is 16.5. The van der Waals surface area contributed by atoms with Crippen molar-refractivity contribution in [2.45, 2.75) is 20.0 Å². The van der Waals surface area contributed by atoms with Gasteiger partial charge in [-0.2, -0.15) is 5.10 Å². The number of hydrogen-bond acceptors (Lipinski definition) is 8. The number of nitrogens with zero attached hydrogens (tertiary/aromatic N) is 5. The molecule has 0 radical (unpaired) electrons. The Hall–Kier alpha value is -4.79. The van der Waals surface area contributed by atoms with Crippen molar-refractivity contribution in [3.63, 3.8) is 0 Å². The van der Waals surface area contributed by atoms with Crippen molar-refractivity contribution in [1.82, 2.24) is 45.1 Å². The van der Waals surface area contributed by atoms with Crippen molar-refractivity contribution in [3.8, 4) is 22.8 Å². The van der Waals surface area contributed by atoms with Gasteiger partial charge in [-0.25, -0.2) is 26.9 Å². The van der Waals surface area contributed by atoms with Crippen LogP contribution in [0.1, 0.15) is 23.6 Å². The number of nitrogens with one attached hydrogen (secondary N) is 4. The quantitative estimate of drug-likeness (QED) is 0.197. The molecule has 5 aromatic rings. The van der Waals surface area contributed by atoms with Crippen molar-refractivity contribution in [2.24, 2.45) is 7.05 Å². The number of pyridine rings is 2. The van der Waals surface area contributed by atoms with E-state index in [9.17, 15) is 12.8 Å². The van der Waals surface area contributed by atoms with E-state index < -0.39 is 21.7 Å². The zero-order valence-corrected chi connectivity index (χ0v) is 24.9. The van der Waals surface area contributed by atoms with Crippen LogP contribution in [0.3, 0.4) is 0 Å². The molecule has 0 spiro atoms. The summed E-state index contributed by atoms with van der Waals surface area (Å²) in [6, 6.07) is 7.80. The van der Waals surface area contributed by atoms with Crippen LogP contribution < -0.4 is 25.9 Å². The molecule has 226 valence electrons. The van der Waals surface area contributed by atoms with Crippen LogP contribution >= 0.6 is 0 Å². The van der Waals surface area contributed by atoms with Crippen molar-refractivity contribution in [3.05, 3.63) is 88.2 Å². The van der Waals surface area contributed by atoms with Gasteiger partial charge in [0.15, 0.2) is 5.82 Å². The summed E-state index contributed by atoms with van der Waals surface area (Å²) in [5.74, 6) is -0.760. The number of hydrogen-bond donors (Lipinski definition) is 4. The third-order valence-corrected chi connectivity index (χ3v) is 7.74. The van der Waals surface area contributed by atoms with Gasteiger partial charge in [-0.3, -0.25) is 14.6 Å². The number of H-pyrrole nitrogens is 1. The molecule has 0 fully saturated rings. The van der Waals surface area contributed by atoms with E-state index in [1.165, 1.54) is 12.1 Å². The first-order chi connectivity index (χ1) is 21.1. The Balaban J connectivity index is 1.46. The Morgan fingerprint density at radius 2 is 1.82 bits per heavy atom. The largest absolute Gasteiger partial charge is 0.365 e. The number of fused-ring (bicyclic) bond motifs is 2. The predicted molar refractivity (Wildman–Crippen MR) is 164 cm³/mol. The highest BCUT2D eigenvalue weighted by Gasteiger charge is 2.22. The Bertz CT molecular complexity index is 2170. The summed E-state index contributed by atoms with van der Waals surface area (Å²) in [7, 11) is -1.77. The zero-order chi connectivity index (χ0) is 31.0. The molecule has 4 N–H and O–H groups in total. The van der Waals surface area contributed by atoms with Gasteiger partial charge in [-0.1, -0.05) is 6.92 Å². The molecule has 0 saturated heterocycles. The lowest BCUT2D eigenvalue weighted by Crippen LogP contribution is -2.31. The summed E-state index contributed by atoms with van der Waals surface area (Å²) in [5.41, 5.74) is 4.30. The molecule has 11 nitrogen and oxygen atoms in total. The first kappa shape index (κ1) is 29.3. The number of allylic oxidation sites excluding steroid dienone is 1. The van der Waals surface area contributed by atoms with E-state index >= 15 is 4.39 Å². The second kappa shape index (κ2) is 11.7. The standard InChI is InChI=1S/C30H29F2N9O2S/c1-4-33-11-18-8-20(14-34-12-18)22-15-35-16-24-25(26(22)32)29(40-41(24)2)30-38-23-5-6-36-27(28(23)39-30)19-7-17(9-21(31)10-19)13-37-44(3,42)43/h5-10,12,14-16,33,35,37H,4,11,13H2,1-3H3,(H,38,39). The maximum Gasteiger partial charge on any atom is 0.209 e. The van der Waals surface area contributed by atoms with Gasteiger partial charge in [0.25, 0.3) is 0 Å². The number of benzene rings is 1. The second-order valence-corrected chi connectivity index (χ2v) is 12.2. The molecule has 0 bridgehead atoms. The number of imidazole rings is 1. The van der Waals surface area contributed by atoms with E-state index in [0.29, 0.717) is 56.7 Å². The van der Waals surface area contributed by atoms with E-state index in [4.69, 9.17) is 4.98 Å². The molecule has 5 heterocycles. The van der Waals surface area contributed by atoms with Gasteiger partial charge >= 0.3 is 0 Å². The normalized spacial score (nSPS) is 13.3. The molecule has 0 atom stereocenters. The van der Waals surface area contributed by atoms with Crippen LogP contribution in [0.4, 0.5) is 8.78 Å². The fourth-order valence-corrected chi connectivity index (χ4v) is 5.49. The van der Waals surface area contributed by atoms with E-state index in [1.54, 1.807) is 54.9 Å². The topological polar surface area (TPSA) is 143 Å². The van der Waals surface area contributed by atoms with Gasteiger partial charge in [0.2, 0.25) is 10.0 Å². The number of aryl methyl sites for hydroxylation is 1. The number of halogens is 2. The Labute approximate surface area is 251 Å². The number of aromatic nitrogens is 6. The minimum atomic E-state index is -3.48. The van der Waals surface area contributed by atoms with Gasteiger partial charge in [0.1, 0.15) is 22.9 Å². The zero-order valence-electron chi connectivity index (χ0n) is 24.1. The highest BCUT2D eigenvalue weighted by molar-refractivity contribution is 7.88. The monoisotopic (exact) mass is 617 g/mol. The maximum absolute atomic E-state index is 16.5. The molecule has 0 unspecified atom stereocenters. The summed E-state index contributed by atoms with van der Waals surface area (Å²) in [6.45, 7) is 3.32. The summed E-state index contributed by atoms with van der Waals surface area (Å²) < 4.78 is 58.2. The lowest BCUT2D eigenvalue weighted by Gasteiger charge is -2.08. The Morgan fingerprint density at radius 3 is 2.61 bits per heavy atom. The number of rotatable bonds is 9.